The van der Waals surface area contributed by atoms with Gasteiger partial charge in [0, 0.05) is 13.0 Å². The van der Waals surface area contributed by atoms with Gasteiger partial charge in [-0.3, -0.25) is 4.99 Å². The van der Waals surface area contributed by atoms with Gasteiger partial charge in [-0.25, -0.2) is 5.84 Å². The minimum Gasteiger partial charge on any atom is -0.383 e. The quantitative estimate of drug-likeness (QED) is 0.239. The normalized spacial score (nSPS) is 34.8. The number of hydrazine groups is 1. The highest BCUT2D eigenvalue weighted by molar-refractivity contribution is 5.84. The highest BCUT2D eigenvalue weighted by Crippen LogP contribution is 2.48. The number of nitrogens with two attached hydrogens (primary N) is 1. The molecule has 86 valence electrons. The van der Waals surface area contributed by atoms with Gasteiger partial charge in [0.05, 0.1) is 13.2 Å². The molecule has 2 aliphatic carbocycles. The van der Waals surface area contributed by atoms with E-state index in [1.165, 1.54) is 25.7 Å². The molecule has 3 N–H and O–H groups in total. The summed E-state index contributed by atoms with van der Waals surface area (Å²) in [6.45, 7) is 1.38. The van der Waals surface area contributed by atoms with E-state index in [0.717, 1.165) is 17.7 Å². The van der Waals surface area contributed by atoms with E-state index in [9.17, 15) is 0 Å². The van der Waals surface area contributed by atoms with Crippen molar-refractivity contribution in [3.8, 4) is 0 Å². The lowest BCUT2D eigenvalue weighted by Gasteiger charge is -2.23. The summed E-state index contributed by atoms with van der Waals surface area (Å²) in [4.78, 5) is 4.49. The molecule has 0 aliphatic heterocycles. The Kier molecular flexibility index (Phi) is 3.59. The lowest BCUT2D eigenvalue weighted by atomic mass is 9.88. The predicted molar refractivity (Wildman–Crippen MR) is 60.4 cm³/mol. The van der Waals surface area contributed by atoms with Gasteiger partial charge >= 0.3 is 0 Å². The highest BCUT2D eigenvalue weighted by Gasteiger charge is 2.41. The Hall–Kier alpha value is -0.610. The average molecular weight is 211 g/mol. The molecule has 0 spiro atoms. The number of fused-ring (bicyclic) bond motifs is 2. The maximum absolute atomic E-state index is 5.54. The number of methoxy groups -OCH3 is 1. The summed E-state index contributed by atoms with van der Waals surface area (Å²) in [5, 5.41) is 0. The van der Waals surface area contributed by atoms with Crippen LogP contribution in [0.2, 0.25) is 0 Å². The fraction of sp³-hybridized carbons (Fsp3) is 0.909. The second kappa shape index (κ2) is 4.94. The summed E-state index contributed by atoms with van der Waals surface area (Å²) in [7, 11) is 1.70. The van der Waals surface area contributed by atoms with Crippen LogP contribution in [0, 0.1) is 17.8 Å². The van der Waals surface area contributed by atoms with Crippen LogP contribution >= 0.6 is 0 Å². The van der Waals surface area contributed by atoms with Gasteiger partial charge in [0.1, 0.15) is 5.84 Å². The van der Waals surface area contributed by atoms with E-state index < -0.39 is 0 Å². The average Bonchev–Trinajstić information content (AvgIpc) is 2.86. The first-order valence-electron chi connectivity index (χ1n) is 5.85. The summed E-state index contributed by atoms with van der Waals surface area (Å²) in [5.74, 6) is 8.89. The van der Waals surface area contributed by atoms with Crippen LogP contribution in [-0.2, 0) is 4.74 Å². The zero-order chi connectivity index (χ0) is 10.7. The molecule has 0 radical (unpaired) electrons. The van der Waals surface area contributed by atoms with E-state index in [0.29, 0.717) is 19.1 Å². The zero-order valence-electron chi connectivity index (χ0n) is 9.41. The van der Waals surface area contributed by atoms with Crippen LogP contribution in [0.1, 0.15) is 25.7 Å². The van der Waals surface area contributed by atoms with Gasteiger partial charge in [0.15, 0.2) is 0 Å². The fourth-order valence-corrected chi connectivity index (χ4v) is 3.11. The first-order valence-corrected chi connectivity index (χ1v) is 5.85. The first-order chi connectivity index (χ1) is 7.35. The van der Waals surface area contributed by atoms with Crippen molar-refractivity contribution in [1.82, 2.24) is 5.43 Å². The largest absolute Gasteiger partial charge is 0.383 e. The van der Waals surface area contributed by atoms with Crippen molar-refractivity contribution < 1.29 is 4.74 Å². The number of aliphatic imine (C=N–C) groups is 1. The second-order valence-electron chi connectivity index (χ2n) is 4.69. The van der Waals surface area contributed by atoms with E-state index in [4.69, 9.17) is 10.6 Å². The number of ether oxygens (including phenoxy) is 1. The Bertz CT molecular complexity index is 242. The van der Waals surface area contributed by atoms with Gasteiger partial charge in [-0.15, -0.1) is 0 Å². The summed E-state index contributed by atoms with van der Waals surface area (Å²) >= 11 is 0. The SMILES string of the molecule is COCCN=C(NN)C1CC2CCC1C2. The van der Waals surface area contributed by atoms with Crippen molar-refractivity contribution >= 4 is 5.84 Å². The summed E-state index contributed by atoms with van der Waals surface area (Å²) in [5.41, 5.74) is 2.78. The van der Waals surface area contributed by atoms with Gasteiger partial charge in [-0.05, 0) is 31.1 Å². The molecule has 3 atom stereocenters. The van der Waals surface area contributed by atoms with Gasteiger partial charge in [-0.2, -0.15) is 0 Å². The van der Waals surface area contributed by atoms with Gasteiger partial charge in [0.2, 0.25) is 0 Å². The molecule has 3 unspecified atom stereocenters. The summed E-state index contributed by atoms with van der Waals surface area (Å²) in [6, 6.07) is 0. The van der Waals surface area contributed by atoms with Crippen LogP contribution in [-0.4, -0.2) is 26.1 Å². The number of nitrogens with one attached hydrogen (secondary N) is 1. The Morgan fingerprint density at radius 2 is 2.33 bits per heavy atom. The molecule has 0 aromatic heterocycles. The third-order valence-electron chi connectivity index (χ3n) is 3.81. The van der Waals surface area contributed by atoms with E-state index in [-0.39, 0.29) is 0 Å². The smallest absolute Gasteiger partial charge is 0.114 e. The molecule has 2 rings (SSSR count). The molecule has 2 fully saturated rings. The van der Waals surface area contributed by atoms with E-state index >= 15 is 0 Å². The molecule has 0 heterocycles. The van der Waals surface area contributed by atoms with Gasteiger partial charge in [-0.1, -0.05) is 6.42 Å². The van der Waals surface area contributed by atoms with Crippen LogP contribution in [0.5, 0.6) is 0 Å². The molecule has 15 heavy (non-hydrogen) atoms. The van der Waals surface area contributed by atoms with Crippen LogP contribution < -0.4 is 11.3 Å². The van der Waals surface area contributed by atoms with Crippen molar-refractivity contribution in [3.63, 3.8) is 0 Å². The van der Waals surface area contributed by atoms with Crippen LogP contribution in [0.4, 0.5) is 0 Å². The van der Waals surface area contributed by atoms with E-state index in [1.807, 2.05) is 0 Å². The minimum absolute atomic E-state index is 0.589. The number of hydrogen-bond acceptors (Lipinski definition) is 3. The molecule has 4 heteroatoms. The Balaban J connectivity index is 1.92. The Morgan fingerprint density at radius 1 is 1.47 bits per heavy atom. The first kappa shape index (κ1) is 10.9. The van der Waals surface area contributed by atoms with E-state index in [2.05, 4.69) is 10.4 Å². The lowest BCUT2D eigenvalue weighted by Crippen LogP contribution is -2.38. The zero-order valence-corrected chi connectivity index (χ0v) is 9.41. The highest BCUT2D eigenvalue weighted by atomic mass is 16.5. The van der Waals surface area contributed by atoms with Crippen molar-refractivity contribution in [2.75, 3.05) is 20.3 Å². The molecule has 0 amide bonds. The van der Waals surface area contributed by atoms with E-state index in [1.54, 1.807) is 7.11 Å². The number of nitrogens with zero attached hydrogens (tertiary/aromatic N) is 1. The molecule has 2 bridgehead atoms. The maximum atomic E-state index is 5.54. The number of hydrogen-bond donors (Lipinski definition) is 2. The van der Waals surface area contributed by atoms with Crippen molar-refractivity contribution in [2.45, 2.75) is 25.7 Å². The predicted octanol–water partition coefficient (Wildman–Crippen LogP) is 0.931. The molecule has 0 aromatic rings. The third-order valence-corrected chi connectivity index (χ3v) is 3.81. The van der Waals surface area contributed by atoms with Crippen molar-refractivity contribution in [2.24, 2.45) is 28.6 Å². The lowest BCUT2D eigenvalue weighted by molar-refractivity contribution is 0.207. The number of amidine groups is 1. The molecular formula is C11H21N3O. The Labute approximate surface area is 91.2 Å². The molecular weight excluding hydrogens is 190 g/mol. The minimum atomic E-state index is 0.589. The maximum Gasteiger partial charge on any atom is 0.114 e. The topological polar surface area (TPSA) is 59.6 Å². The van der Waals surface area contributed by atoms with Crippen LogP contribution in [0.15, 0.2) is 4.99 Å². The molecule has 2 aliphatic rings. The van der Waals surface area contributed by atoms with Crippen LogP contribution in [0.3, 0.4) is 0 Å². The van der Waals surface area contributed by atoms with Crippen molar-refractivity contribution in [1.29, 1.82) is 0 Å². The Morgan fingerprint density at radius 3 is 2.87 bits per heavy atom. The second-order valence-corrected chi connectivity index (χ2v) is 4.69. The third kappa shape index (κ3) is 2.32. The van der Waals surface area contributed by atoms with Gasteiger partial charge in [0.25, 0.3) is 0 Å². The van der Waals surface area contributed by atoms with Crippen LogP contribution in [0.25, 0.3) is 0 Å². The van der Waals surface area contributed by atoms with Gasteiger partial charge < -0.3 is 10.2 Å². The molecule has 2 saturated carbocycles. The monoisotopic (exact) mass is 211 g/mol. The molecule has 0 aromatic carbocycles. The fourth-order valence-electron chi connectivity index (χ4n) is 3.11. The summed E-state index contributed by atoms with van der Waals surface area (Å²) in [6.07, 6.45) is 5.44. The standard InChI is InChI=1S/C11H21N3O/c1-15-5-4-13-11(14-12)10-7-8-2-3-9(10)6-8/h8-10H,2-7,12H2,1H3,(H,13,14). The summed E-state index contributed by atoms with van der Waals surface area (Å²) < 4.78 is 4.99. The van der Waals surface area contributed by atoms with Crippen molar-refractivity contribution in [3.05, 3.63) is 0 Å². The molecule has 0 saturated heterocycles. The number of rotatable bonds is 4. The molecule has 4 nitrogen and oxygen atoms in total.